The number of rotatable bonds is 4. The van der Waals surface area contributed by atoms with Crippen LogP contribution in [0.3, 0.4) is 0 Å². The molecule has 0 aromatic rings. The molecule has 1 atom stereocenters. The Balaban J connectivity index is 2.37. The zero-order valence-electron chi connectivity index (χ0n) is 7.95. The molecule has 0 aliphatic heterocycles. The van der Waals surface area contributed by atoms with Gasteiger partial charge in [0.15, 0.2) is 6.29 Å². The van der Waals surface area contributed by atoms with Gasteiger partial charge in [-0.15, -0.1) is 0 Å². The third-order valence-corrected chi connectivity index (χ3v) is 2.72. The number of hydrogen-bond donors (Lipinski definition) is 1. The van der Waals surface area contributed by atoms with E-state index < -0.39 is 0 Å². The van der Waals surface area contributed by atoms with Gasteiger partial charge in [0.05, 0.1) is 6.04 Å². The minimum atomic E-state index is -0.229. The summed E-state index contributed by atoms with van der Waals surface area (Å²) < 4.78 is 10.3. The van der Waals surface area contributed by atoms with Gasteiger partial charge in [0.1, 0.15) is 0 Å². The molecule has 0 spiro atoms. The smallest absolute Gasteiger partial charge is 0.172 e. The Morgan fingerprint density at radius 1 is 1.17 bits per heavy atom. The maximum atomic E-state index is 5.99. The average molecular weight is 173 g/mol. The molecule has 0 radical (unpaired) electrons. The van der Waals surface area contributed by atoms with Crippen molar-refractivity contribution in [2.45, 2.75) is 38.0 Å². The molecule has 1 unspecified atom stereocenters. The first-order chi connectivity index (χ1) is 5.79. The number of methoxy groups -OCH3 is 2. The van der Waals surface area contributed by atoms with Crippen LogP contribution in [-0.4, -0.2) is 26.6 Å². The van der Waals surface area contributed by atoms with Gasteiger partial charge in [0.25, 0.3) is 0 Å². The molecule has 72 valence electrons. The van der Waals surface area contributed by atoms with E-state index in [1.165, 1.54) is 25.7 Å². The molecule has 0 bridgehead atoms. The van der Waals surface area contributed by atoms with E-state index in [2.05, 4.69) is 0 Å². The molecule has 1 fully saturated rings. The zero-order valence-corrected chi connectivity index (χ0v) is 7.95. The van der Waals surface area contributed by atoms with Gasteiger partial charge in [0, 0.05) is 14.2 Å². The lowest BCUT2D eigenvalue weighted by Crippen LogP contribution is -2.42. The molecule has 12 heavy (non-hydrogen) atoms. The summed E-state index contributed by atoms with van der Waals surface area (Å²) in [5.41, 5.74) is 5.99. The first-order valence-electron chi connectivity index (χ1n) is 4.60. The van der Waals surface area contributed by atoms with Crippen LogP contribution in [0.2, 0.25) is 0 Å². The van der Waals surface area contributed by atoms with Crippen LogP contribution < -0.4 is 5.73 Å². The Hall–Kier alpha value is -0.120. The van der Waals surface area contributed by atoms with E-state index in [0.29, 0.717) is 5.92 Å². The molecule has 0 saturated heterocycles. The Morgan fingerprint density at radius 2 is 1.67 bits per heavy atom. The second-order valence-electron chi connectivity index (χ2n) is 3.46. The highest BCUT2D eigenvalue weighted by molar-refractivity contribution is 4.80. The van der Waals surface area contributed by atoms with Crippen molar-refractivity contribution in [1.82, 2.24) is 0 Å². The molecule has 0 amide bonds. The van der Waals surface area contributed by atoms with Gasteiger partial charge in [-0.25, -0.2) is 0 Å². The van der Waals surface area contributed by atoms with E-state index in [1.807, 2.05) is 0 Å². The van der Waals surface area contributed by atoms with Gasteiger partial charge in [-0.05, 0) is 18.8 Å². The van der Waals surface area contributed by atoms with Gasteiger partial charge in [-0.1, -0.05) is 12.8 Å². The van der Waals surface area contributed by atoms with Gasteiger partial charge in [-0.2, -0.15) is 0 Å². The highest BCUT2D eigenvalue weighted by atomic mass is 16.7. The standard InChI is InChI=1S/C9H19NO2/c1-11-9(12-2)8(10)7-5-3-4-6-7/h7-9H,3-6,10H2,1-2H3. The SMILES string of the molecule is COC(OC)C(N)C1CCCC1. The third kappa shape index (κ3) is 2.19. The molecule has 1 saturated carbocycles. The van der Waals surface area contributed by atoms with Crippen LogP contribution >= 0.6 is 0 Å². The van der Waals surface area contributed by atoms with Gasteiger partial charge < -0.3 is 15.2 Å². The predicted octanol–water partition coefficient (Wildman–Crippen LogP) is 1.12. The van der Waals surface area contributed by atoms with Crippen molar-refractivity contribution in [3.8, 4) is 0 Å². The summed E-state index contributed by atoms with van der Waals surface area (Å²) in [6.45, 7) is 0. The quantitative estimate of drug-likeness (QED) is 0.648. The fourth-order valence-corrected chi connectivity index (χ4v) is 1.98. The normalized spacial score (nSPS) is 22.0. The summed E-state index contributed by atoms with van der Waals surface area (Å²) >= 11 is 0. The molecular formula is C9H19NO2. The molecule has 0 aromatic heterocycles. The highest BCUT2D eigenvalue weighted by Gasteiger charge is 2.28. The monoisotopic (exact) mass is 173 g/mol. The first-order valence-corrected chi connectivity index (χ1v) is 4.60. The molecule has 2 N–H and O–H groups in total. The van der Waals surface area contributed by atoms with Crippen LogP contribution in [0.1, 0.15) is 25.7 Å². The lowest BCUT2D eigenvalue weighted by molar-refractivity contribution is -0.125. The van der Waals surface area contributed by atoms with Gasteiger partial charge >= 0.3 is 0 Å². The molecule has 1 aliphatic carbocycles. The molecule has 0 aromatic carbocycles. The summed E-state index contributed by atoms with van der Waals surface area (Å²) in [5, 5.41) is 0. The van der Waals surface area contributed by atoms with Crippen molar-refractivity contribution in [3.63, 3.8) is 0 Å². The van der Waals surface area contributed by atoms with Crippen molar-refractivity contribution in [1.29, 1.82) is 0 Å². The summed E-state index contributed by atoms with van der Waals surface area (Å²) in [6, 6.07) is 0.0440. The zero-order chi connectivity index (χ0) is 8.97. The van der Waals surface area contributed by atoms with Crippen LogP contribution in [0.4, 0.5) is 0 Å². The van der Waals surface area contributed by atoms with Crippen LogP contribution in [0.5, 0.6) is 0 Å². The average Bonchev–Trinajstić information content (AvgIpc) is 2.58. The van der Waals surface area contributed by atoms with E-state index in [1.54, 1.807) is 14.2 Å². The van der Waals surface area contributed by atoms with E-state index in [-0.39, 0.29) is 12.3 Å². The van der Waals surface area contributed by atoms with E-state index in [9.17, 15) is 0 Å². The second-order valence-corrected chi connectivity index (χ2v) is 3.46. The molecule has 1 aliphatic rings. The second kappa shape index (κ2) is 4.80. The Kier molecular flexibility index (Phi) is 3.98. The minimum absolute atomic E-state index is 0.0440. The minimum Gasteiger partial charge on any atom is -0.354 e. The fraction of sp³-hybridized carbons (Fsp3) is 1.00. The van der Waals surface area contributed by atoms with Crippen molar-refractivity contribution in [3.05, 3.63) is 0 Å². The van der Waals surface area contributed by atoms with Crippen LogP contribution in [0, 0.1) is 5.92 Å². The molecule has 1 rings (SSSR count). The molecule has 3 nitrogen and oxygen atoms in total. The van der Waals surface area contributed by atoms with E-state index in [4.69, 9.17) is 15.2 Å². The molecule has 3 heteroatoms. The summed E-state index contributed by atoms with van der Waals surface area (Å²) in [4.78, 5) is 0. The number of nitrogens with two attached hydrogens (primary N) is 1. The van der Waals surface area contributed by atoms with Crippen molar-refractivity contribution in [2.24, 2.45) is 11.7 Å². The van der Waals surface area contributed by atoms with Crippen molar-refractivity contribution in [2.75, 3.05) is 14.2 Å². The maximum Gasteiger partial charge on any atom is 0.172 e. The van der Waals surface area contributed by atoms with Gasteiger partial charge in [-0.3, -0.25) is 0 Å². The third-order valence-electron chi connectivity index (χ3n) is 2.72. The van der Waals surface area contributed by atoms with Gasteiger partial charge in [0.2, 0.25) is 0 Å². The van der Waals surface area contributed by atoms with E-state index in [0.717, 1.165) is 0 Å². The van der Waals surface area contributed by atoms with Crippen LogP contribution in [0.25, 0.3) is 0 Å². The lowest BCUT2D eigenvalue weighted by Gasteiger charge is -2.25. The fourth-order valence-electron chi connectivity index (χ4n) is 1.98. The van der Waals surface area contributed by atoms with Crippen molar-refractivity contribution < 1.29 is 9.47 Å². The predicted molar refractivity (Wildman–Crippen MR) is 47.7 cm³/mol. The summed E-state index contributed by atoms with van der Waals surface area (Å²) in [6.07, 6.45) is 4.83. The summed E-state index contributed by atoms with van der Waals surface area (Å²) in [7, 11) is 3.28. The van der Waals surface area contributed by atoms with E-state index >= 15 is 0 Å². The van der Waals surface area contributed by atoms with Crippen LogP contribution in [0.15, 0.2) is 0 Å². The maximum absolute atomic E-state index is 5.99. The number of ether oxygens (including phenoxy) is 2. The topological polar surface area (TPSA) is 44.5 Å². The molecular weight excluding hydrogens is 154 g/mol. The summed E-state index contributed by atoms with van der Waals surface area (Å²) in [5.74, 6) is 0.592. The number of hydrogen-bond acceptors (Lipinski definition) is 3. The largest absolute Gasteiger partial charge is 0.354 e. The molecule has 0 heterocycles. The Morgan fingerprint density at radius 3 is 2.08 bits per heavy atom. The first kappa shape index (κ1) is 9.96. The Labute approximate surface area is 74.2 Å². The van der Waals surface area contributed by atoms with Crippen molar-refractivity contribution >= 4 is 0 Å². The Bertz CT molecular complexity index is 118. The highest BCUT2D eigenvalue weighted by Crippen LogP contribution is 2.28. The van der Waals surface area contributed by atoms with Crippen LogP contribution in [-0.2, 0) is 9.47 Å². The lowest BCUT2D eigenvalue weighted by atomic mass is 9.98.